The number of thiocarbonyl (C=S) groups is 1. The zero-order chi connectivity index (χ0) is 17.1. The molecule has 7 heteroatoms. The number of thioether (sulfide) groups is 1. The number of carbonyl (C=O) groups excluding carboxylic acids is 1. The predicted octanol–water partition coefficient (Wildman–Crippen LogP) is 4.55. The number of halogens is 2. The highest BCUT2D eigenvalue weighted by atomic mass is 35.5. The summed E-state index contributed by atoms with van der Waals surface area (Å²) in [6.07, 6.45) is 1.69. The molecule has 1 fully saturated rings. The minimum atomic E-state index is -0.295. The van der Waals surface area contributed by atoms with Crippen LogP contribution in [0.3, 0.4) is 0 Å². The molecule has 3 rings (SSSR count). The molecule has 0 bridgehead atoms. The molecular weight excluding hydrogens is 369 g/mol. The molecule has 24 heavy (non-hydrogen) atoms. The van der Waals surface area contributed by atoms with Gasteiger partial charge in [0.2, 0.25) is 0 Å². The Morgan fingerprint density at radius 3 is 2.67 bits per heavy atom. The van der Waals surface area contributed by atoms with Gasteiger partial charge in [0.05, 0.1) is 4.91 Å². The van der Waals surface area contributed by atoms with Crippen LogP contribution in [0.2, 0.25) is 5.02 Å². The highest BCUT2D eigenvalue weighted by Gasteiger charge is 2.22. The van der Waals surface area contributed by atoms with Crippen molar-refractivity contribution in [1.29, 1.82) is 0 Å². The van der Waals surface area contributed by atoms with Gasteiger partial charge in [0.1, 0.15) is 22.5 Å². The van der Waals surface area contributed by atoms with Crippen LogP contribution < -0.4 is 10.1 Å². The first-order chi connectivity index (χ1) is 11.5. The molecule has 2 aromatic carbocycles. The molecule has 122 valence electrons. The number of rotatable bonds is 4. The van der Waals surface area contributed by atoms with E-state index in [1.807, 2.05) is 0 Å². The zero-order valence-corrected chi connectivity index (χ0v) is 14.6. The summed E-state index contributed by atoms with van der Waals surface area (Å²) in [7, 11) is 0. The molecule has 3 nitrogen and oxygen atoms in total. The van der Waals surface area contributed by atoms with Crippen LogP contribution in [0, 0.1) is 5.82 Å². The van der Waals surface area contributed by atoms with Gasteiger partial charge in [0, 0.05) is 10.6 Å². The van der Waals surface area contributed by atoms with E-state index in [2.05, 4.69) is 5.32 Å². The lowest BCUT2D eigenvalue weighted by Gasteiger charge is -2.10. The molecule has 0 unspecified atom stereocenters. The van der Waals surface area contributed by atoms with Crippen molar-refractivity contribution in [3.8, 4) is 5.75 Å². The van der Waals surface area contributed by atoms with Crippen LogP contribution in [0.1, 0.15) is 11.1 Å². The third kappa shape index (κ3) is 4.14. The van der Waals surface area contributed by atoms with E-state index in [1.165, 1.54) is 23.9 Å². The molecule has 1 aliphatic heterocycles. The van der Waals surface area contributed by atoms with Gasteiger partial charge in [-0.2, -0.15) is 0 Å². The van der Waals surface area contributed by atoms with Crippen molar-refractivity contribution in [2.24, 2.45) is 0 Å². The molecule has 1 N–H and O–H groups in total. The molecule has 1 amide bonds. The van der Waals surface area contributed by atoms with Crippen molar-refractivity contribution < 1.29 is 13.9 Å². The van der Waals surface area contributed by atoms with E-state index >= 15 is 0 Å². The number of benzene rings is 2. The van der Waals surface area contributed by atoms with Gasteiger partial charge in [-0.3, -0.25) is 4.79 Å². The number of nitrogens with one attached hydrogen (secondary N) is 1. The average molecular weight is 380 g/mol. The van der Waals surface area contributed by atoms with Gasteiger partial charge >= 0.3 is 0 Å². The number of carbonyl (C=O) groups is 1. The minimum Gasteiger partial charge on any atom is -0.488 e. The normalized spacial score (nSPS) is 15.7. The Morgan fingerprint density at radius 2 is 2.00 bits per heavy atom. The fourth-order valence-electron chi connectivity index (χ4n) is 2.07. The lowest BCUT2D eigenvalue weighted by Crippen LogP contribution is -2.17. The topological polar surface area (TPSA) is 38.3 Å². The fraction of sp³-hybridized carbons (Fsp3) is 0.0588. The summed E-state index contributed by atoms with van der Waals surface area (Å²) in [5, 5.41) is 3.09. The molecule has 0 spiro atoms. The predicted molar refractivity (Wildman–Crippen MR) is 98.5 cm³/mol. The van der Waals surface area contributed by atoms with Gasteiger partial charge in [-0.25, -0.2) is 4.39 Å². The highest BCUT2D eigenvalue weighted by molar-refractivity contribution is 8.26. The molecule has 1 aliphatic rings. The van der Waals surface area contributed by atoms with Crippen LogP contribution in [0.25, 0.3) is 6.08 Å². The van der Waals surface area contributed by atoms with Crippen molar-refractivity contribution in [2.75, 3.05) is 0 Å². The van der Waals surface area contributed by atoms with Crippen LogP contribution in [-0.4, -0.2) is 10.2 Å². The summed E-state index contributed by atoms with van der Waals surface area (Å²) in [5.41, 5.74) is 1.51. The maximum Gasteiger partial charge on any atom is 0.263 e. The van der Waals surface area contributed by atoms with Crippen LogP contribution in [0.5, 0.6) is 5.75 Å². The first-order valence-corrected chi connectivity index (χ1v) is 8.53. The van der Waals surface area contributed by atoms with Crippen LogP contribution in [0.4, 0.5) is 4.39 Å². The number of ether oxygens (including phenoxy) is 1. The second kappa shape index (κ2) is 7.34. The van der Waals surface area contributed by atoms with Gasteiger partial charge in [-0.05, 0) is 42.0 Å². The van der Waals surface area contributed by atoms with E-state index in [1.54, 1.807) is 36.4 Å². The Balaban J connectivity index is 1.83. The number of amides is 1. The van der Waals surface area contributed by atoms with Gasteiger partial charge in [0.25, 0.3) is 5.91 Å². The average Bonchev–Trinajstić information content (AvgIpc) is 2.86. The standard InChI is InChI=1S/C17H11ClFNO2S2/c18-12-3-6-14(22-9-10-1-4-13(19)5-2-10)11(7-12)8-15-16(21)20-17(23)24-15/h1-8H,9H2,(H,20,21,23). The molecule has 0 radical (unpaired) electrons. The van der Waals surface area contributed by atoms with E-state index in [4.69, 9.17) is 28.6 Å². The number of hydrogen-bond acceptors (Lipinski definition) is 4. The molecule has 1 heterocycles. The van der Waals surface area contributed by atoms with Crippen molar-refractivity contribution in [3.05, 3.63) is 69.3 Å². The van der Waals surface area contributed by atoms with E-state index in [-0.39, 0.29) is 18.3 Å². The molecule has 0 atom stereocenters. The lowest BCUT2D eigenvalue weighted by atomic mass is 10.1. The Hall–Kier alpha value is -1.89. The molecule has 0 aliphatic carbocycles. The summed E-state index contributed by atoms with van der Waals surface area (Å²) in [5.74, 6) is 0.0350. The Labute approximate surface area is 152 Å². The summed E-state index contributed by atoms with van der Waals surface area (Å²) < 4.78 is 19.1. The van der Waals surface area contributed by atoms with Gasteiger partial charge < -0.3 is 10.1 Å². The van der Waals surface area contributed by atoms with E-state index < -0.39 is 0 Å². The van der Waals surface area contributed by atoms with Crippen molar-refractivity contribution >= 4 is 51.9 Å². The summed E-state index contributed by atoms with van der Waals surface area (Å²) in [4.78, 5) is 12.3. The molecule has 0 aromatic heterocycles. The quantitative estimate of drug-likeness (QED) is 0.625. The molecule has 1 saturated heterocycles. The second-order valence-electron chi connectivity index (χ2n) is 4.95. The van der Waals surface area contributed by atoms with Crippen molar-refractivity contribution in [2.45, 2.75) is 6.61 Å². The summed E-state index contributed by atoms with van der Waals surface area (Å²) >= 11 is 12.2. The molecule has 0 saturated carbocycles. The van der Waals surface area contributed by atoms with Crippen molar-refractivity contribution in [1.82, 2.24) is 5.32 Å². The molecular formula is C17H11ClFNO2S2. The van der Waals surface area contributed by atoms with Crippen LogP contribution >= 0.6 is 35.6 Å². The summed E-state index contributed by atoms with van der Waals surface area (Å²) in [6, 6.07) is 11.2. The number of hydrogen-bond donors (Lipinski definition) is 1. The van der Waals surface area contributed by atoms with Crippen LogP contribution in [0.15, 0.2) is 47.4 Å². The smallest absolute Gasteiger partial charge is 0.263 e. The first-order valence-electron chi connectivity index (χ1n) is 6.93. The Morgan fingerprint density at radius 1 is 1.25 bits per heavy atom. The lowest BCUT2D eigenvalue weighted by molar-refractivity contribution is -0.115. The monoisotopic (exact) mass is 379 g/mol. The Kier molecular flexibility index (Phi) is 5.18. The van der Waals surface area contributed by atoms with E-state index in [0.717, 1.165) is 5.56 Å². The van der Waals surface area contributed by atoms with Gasteiger partial charge in [-0.15, -0.1) is 0 Å². The highest BCUT2D eigenvalue weighted by Crippen LogP contribution is 2.31. The zero-order valence-electron chi connectivity index (χ0n) is 12.2. The minimum absolute atomic E-state index is 0.241. The maximum absolute atomic E-state index is 12.9. The third-order valence-corrected chi connectivity index (χ3v) is 4.61. The Bertz CT molecular complexity index is 837. The second-order valence-corrected chi connectivity index (χ2v) is 7.10. The van der Waals surface area contributed by atoms with Gasteiger partial charge in [-0.1, -0.05) is 47.7 Å². The first kappa shape index (κ1) is 17.0. The van der Waals surface area contributed by atoms with Gasteiger partial charge in [0.15, 0.2) is 0 Å². The largest absolute Gasteiger partial charge is 0.488 e. The SMILES string of the molecule is O=C1NC(=S)SC1=Cc1cc(Cl)ccc1OCc1ccc(F)cc1. The van der Waals surface area contributed by atoms with Crippen LogP contribution in [-0.2, 0) is 11.4 Å². The van der Waals surface area contributed by atoms with E-state index in [0.29, 0.717) is 25.6 Å². The summed E-state index contributed by atoms with van der Waals surface area (Å²) in [6.45, 7) is 0.274. The van der Waals surface area contributed by atoms with E-state index in [9.17, 15) is 9.18 Å². The third-order valence-electron chi connectivity index (χ3n) is 3.21. The molecule has 2 aromatic rings. The fourth-order valence-corrected chi connectivity index (χ4v) is 3.28. The van der Waals surface area contributed by atoms with Crippen molar-refractivity contribution in [3.63, 3.8) is 0 Å². The maximum atomic E-state index is 12.9.